The molecule has 2 saturated heterocycles. The average Bonchev–Trinajstić information content (AvgIpc) is 2.89. The number of aliphatic hydroxyl groups is 1. The SMILES string of the molecule is CC(C)(C)OC(=O)N1C2CC(C)(c3ccc(Cl)nc3)C1CC2O. The number of aliphatic hydroxyl groups excluding tert-OH is 1. The van der Waals surface area contributed by atoms with Gasteiger partial charge in [-0.25, -0.2) is 9.78 Å². The zero-order chi connectivity index (χ0) is 17.0. The van der Waals surface area contributed by atoms with E-state index in [1.807, 2.05) is 26.8 Å². The Morgan fingerprint density at radius 2 is 2.17 bits per heavy atom. The Hall–Kier alpha value is -1.33. The van der Waals surface area contributed by atoms with Crippen LogP contribution < -0.4 is 0 Å². The van der Waals surface area contributed by atoms with Gasteiger partial charge in [0, 0.05) is 17.7 Å². The Balaban J connectivity index is 1.90. The Bertz CT molecular complexity index is 613. The van der Waals surface area contributed by atoms with Crippen molar-refractivity contribution < 1.29 is 14.6 Å². The van der Waals surface area contributed by atoms with Crippen LogP contribution in [0.15, 0.2) is 18.3 Å². The monoisotopic (exact) mass is 338 g/mol. The molecule has 3 heterocycles. The minimum absolute atomic E-state index is 0.0969. The van der Waals surface area contributed by atoms with Crippen molar-refractivity contribution in [1.82, 2.24) is 9.88 Å². The fourth-order valence-electron chi connectivity index (χ4n) is 3.89. The number of carbonyl (C=O) groups is 1. The lowest BCUT2D eigenvalue weighted by molar-refractivity contribution is 0.0164. The highest BCUT2D eigenvalue weighted by molar-refractivity contribution is 6.29. The summed E-state index contributed by atoms with van der Waals surface area (Å²) in [6, 6.07) is 3.41. The molecule has 2 aliphatic rings. The number of fused-ring (bicyclic) bond motifs is 2. The van der Waals surface area contributed by atoms with Gasteiger partial charge in [-0.15, -0.1) is 0 Å². The first-order valence-electron chi connectivity index (χ1n) is 7.93. The van der Waals surface area contributed by atoms with Gasteiger partial charge < -0.3 is 9.84 Å². The number of ether oxygens (including phenoxy) is 1. The smallest absolute Gasteiger partial charge is 0.410 e. The standard InChI is InChI=1S/C17H23ClN2O3/c1-16(2,3)23-15(22)20-11-8-17(4,13(20)7-12(11)21)10-5-6-14(18)19-9-10/h5-6,9,11-13,21H,7-8H2,1-4H3. The van der Waals surface area contributed by atoms with Crippen LogP contribution in [0.5, 0.6) is 0 Å². The maximum absolute atomic E-state index is 12.6. The number of nitrogens with zero attached hydrogens (tertiary/aromatic N) is 2. The molecule has 1 N–H and O–H groups in total. The summed E-state index contributed by atoms with van der Waals surface area (Å²) in [5, 5.41) is 10.7. The molecule has 2 aliphatic heterocycles. The fraction of sp³-hybridized carbons (Fsp3) is 0.647. The molecule has 126 valence electrons. The van der Waals surface area contributed by atoms with Crippen LogP contribution in [-0.4, -0.2) is 44.9 Å². The highest BCUT2D eigenvalue weighted by Gasteiger charge is 2.60. The van der Waals surface area contributed by atoms with Crippen LogP contribution in [0.3, 0.4) is 0 Å². The van der Waals surface area contributed by atoms with Crippen molar-refractivity contribution in [3.63, 3.8) is 0 Å². The summed E-state index contributed by atoms with van der Waals surface area (Å²) >= 11 is 5.88. The molecular formula is C17H23ClN2O3. The summed E-state index contributed by atoms with van der Waals surface area (Å²) in [5.74, 6) is 0. The number of carbonyl (C=O) groups excluding carboxylic acids is 1. The van der Waals surface area contributed by atoms with Crippen LogP contribution in [0.1, 0.15) is 46.1 Å². The molecule has 0 aliphatic carbocycles. The first kappa shape index (κ1) is 16.5. The molecule has 1 aromatic rings. The van der Waals surface area contributed by atoms with Crippen molar-refractivity contribution in [2.45, 2.75) is 69.7 Å². The van der Waals surface area contributed by atoms with E-state index in [0.717, 1.165) is 5.56 Å². The molecule has 3 rings (SSSR count). The number of hydrogen-bond acceptors (Lipinski definition) is 4. The molecule has 0 aromatic carbocycles. The van der Waals surface area contributed by atoms with Crippen LogP contribution in [0.25, 0.3) is 0 Å². The topological polar surface area (TPSA) is 62.7 Å². The lowest BCUT2D eigenvalue weighted by Gasteiger charge is -2.35. The van der Waals surface area contributed by atoms with Crippen LogP contribution in [0.4, 0.5) is 4.79 Å². The highest BCUT2D eigenvalue weighted by Crippen LogP contribution is 2.51. The van der Waals surface area contributed by atoms with Crippen LogP contribution >= 0.6 is 11.6 Å². The molecule has 0 radical (unpaired) electrons. The van der Waals surface area contributed by atoms with Gasteiger partial charge in [-0.3, -0.25) is 4.90 Å². The van der Waals surface area contributed by atoms with Crippen molar-refractivity contribution in [1.29, 1.82) is 0 Å². The number of hydrogen-bond donors (Lipinski definition) is 1. The van der Waals surface area contributed by atoms with Crippen LogP contribution in [-0.2, 0) is 10.2 Å². The lowest BCUT2D eigenvalue weighted by atomic mass is 9.70. The summed E-state index contributed by atoms with van der Waals surface area (Å²) < 4.78 is 5.54. The number of rotatable bonds is 1. The second-order valence-corrected chi connectivity index (χ2v) is 8.15. The van der Waals surface area contributed by atoms with Crippen LogP contribution in [0.2, 0.25) is 5.15 Å². The molecule has 2 fully saturated rings. The van der Waals surface area contributed by atoms with Gasteiger partial charge in [0.15, 0.2) is 0 Å². The number of amides is 1. The van der Waals surface area contributed by atoms with E-state index in [-0.39, 0.29) is 23.6 Å². The summed E-state index contributed by atoms with van der Waals surface area (Å²) in [7, 11) is 0. The molecule has 23 heavy (non-hydrogen) atoms. The van der Waals surface area contributed by atoms with Gasteiger partial charge in [0.25, 0.3) is 0 Å². The highest BCUT2D eigenvalue weighted by atomic mass is 35.5. The molecule has 4 unspecified atom stereocenters. The quantitative estimate of drug-likeness (QED) is 0.799. The minimum Gasteiger partial charge on any atom is -0.444 e. The summed E-state index contributed by atoms with van der Waals surface area (Å²) in [5.41, 5.74) is 0.232. The molecule has 1 amide bonds. The fourth-order valence-corrected chi connectivity index (χ4v) is 4.00. The van der Waals surface area contributed by atoms with Gasteiger partial charge in [-0.1, -0.05) is 24.6 Å². The van der Waals surface area contributed by atoms with Crippen molar-refractivity contribution in [3.05, 3.63) is 29.0 Å². The van der Waals surface area contributed by atoms with E-state index in [1.54, 1.807) is 17.2 Å². The van der Waals surface area contributed by atoms with Gasteiger partial charge >= 0.3 is 6.09 Å². The predicted molar refractivity (Wildman–Crippen MR) is 87.5 cm³/mol. The first-order valence-corrected chi connectivity index (χ1v) is 8.31. The third kappa shape index (κ3) is 2.81. The van der Waals surface area contributed by atoms with Crippen molar-refractivity contribution >= 4 is 17.7 Å². The van der Waals surface area contributed by atoms with E-state index < -0.39 is 11.7 Å². The van der Waals surface area contributed by atoms with Crippen LogP contribution in [0, 0.1) is 0 Å². The zero-order valence-electron chi connectivity index (χ0n) is 13.9. The predicted octanol–water partition coefficient (Wildman–Crippen LogP) is 3.14. The molecule has 4 atom stereocenters. The van der Waals surface area contributed by atoms with Gasteiger partial charge in [-0.2, -0.15) is 0 Å². The van der Waals surface area contributed by atoms with E-state index in [9.17, 15) is 9.90 Å². The van der Waals surface area contributed by atoms with E-state index in [0.29, 0.717) is 18.0 Å². The minimum atomic E-state index is -0.553. The first-order chi connectivity index (χ1) is 10.6. The number of halogens is 1. The Morgan fingerprint density at radius 1 is 1.48 bits per heavy atom. The average molecular weight is 339 g/mol. The van der Waals surface area contributed by atoms with Gasteiger partial charge in [-0.05, 0) is 45.2 Å². The van der Waals surface area contributed by atoms with E-state index in [2.05, 4.69) is 11.9 Å². The lowest BCUT2D eigenvalue weighted by Crippen LogP contribution is -2.43. The van der Waals surface area contributed by atoms with Gasteiger partial charge in [0.05, 0.1) is 12.1 Å². The normalized spacial score (nSPS) is 33.1. The van der Waals surface area contributed by atoms with E-state index in [4.69, 9.17) is 16.3 Å². The van der Waals surface area contributed by atoms with Gasteiger partial charge in [0.1, 0.15) is 10.8 Å². The molecular weight excluding hydrogens is 316 g/mol. The van der Waals surface area contributed by atoms with Gasteiger partial charge in [0.2, 0.25) is 0 Å². The summed E-state index contributed by atoms with van der Waals surface area (Å²) in [6.07, 6.45) is 2.17. The molecule has 0 saturated carbocycles. The molecule has 5 nitrogen and oxygen atoms in total. The summed E-state index contributed by atoms with van der Waals surface area (Å²) in [4.78, 5) is 18.5. The van der Waals surface area contributed by atoms with Crippen molar-refractivity contribution in [2.24, 2.45) is 0 Å². The second-order valence-electron chi connectivity index (χ2n) is 7.76. The van der Waals surface area contributed by atoms with Crippen molar-refractivity contribution in [3.8, 4) is 0 Å². The molecule has 1 aromatic heterocycles. The van der Waals surface area contributed by atoms with E-state index in [1.165, 1.54) is 0 Å². The molecule has 6 heteroatoms. The zero-order valence-corrected chi connectivity index (χ0v) is 14.7. The third-order valence-corrected chi connectivity index (χ3v) is 5.19. The Morgan fingerprint density at radius 3 is 2.74 bits per heavy atom. The van der Waals surface area contributed by atoms with E-state index >= 15 is 0 Å². The van der Waals surface area contributed by atoms with Crippen molar-refractivity contribution in [2.75, 3.05) is 0 Å². The molecule has 0 spiro atoms. The number of aromatic nitrogens is 1. The summed E-state index contributed by atoms with van der Waals surface area (Å²) in [6.45, 7) is 7.66. The maximum atomic E-state index is 12.6. The molecule has 2 bridgehead atoms. The number of pyridine rings is 1. The third-order valence-electron chi connectivity index (χ3n) is 4.96. The Kier molecular flexibility index (Phi) is 3.84. The maximum Gasteiger partial charge on any atom is 0.410 e. The Labute approximate surface area is 141 Å². The largest absolute Gasteiger partial charge is 0.444 e. The second kappa shape index (κ2) is 5.35.